The summed E-state index contributed by atoms with van der Waals surface area (Å²) in [5, 5.41) is 6.80. The summed E-state index contributed by atoms with van der Waals surface area (Å²) in [6, 6.07) is 7.42. The van der Waals surface area contributed by atoms with Gasteiger partial charge in [0.1, 0.15) is 6.04 Å². The molecule has 0 saturated heterocycles. The number of aromatic nitrogens is 2. The molecule has 2 heterocycles. The van der Waals surface area contributed by atoms with Crippen molar-refractivity contribution in [2.45, 2.75) is 12.5 Å². The van der Waals surface area contributed by atoms with Crippen molar-refractivity contribution >= 4 is 35.3 Å². The third-order valence-corrected chi connectivity index (χ3v) is 4.64. The molecule has 0 aliphatic carbocycles. The van der Waals surface area contributed by atoms with Gasteiger partial charge in [0.15, 0.2) is 5.82 Å². The van der Waals surface area contributed by atoms with Gasteiger partial charge in [-0.3, -0.25) is 24.0 Å². The van der Waals surface area contributed by atoms with E-state index in [1.165, 1.54) is 0 Å². The molecule has 0 spiro atoms. The highest BCUT2D eigenvalue weighted by atomic mass is 32.2. The lowest BCUT2D eigenvalue weighted by Crippen LogP contribution is -2.47. The van der Waals surface area contributed by atoms with Crippen LogP contribution in [0.2, 0.25) is 0 Å². The summed E-state index contributed by atoms with van der Waals surface area (Å²) >= 11 is 1.55. The van der Waals surface area contributed by atoms with Crippen molar-refractivity contribution in [1.29, 1.82) is 0 Å². The number of anilines is 1. The lowest BCUT2D eigenvalue weighted by atomic mass is 10.1. The predicted octanol–water partition coefficient (Wildman–Crippen LogP) is 1.78. The van der Waals surface area contributed by atoms with Gasteiger partial charge >= 0.3 is 0 Å². The van der Waals surface area contributed by atoms with Crippen LogP contribution in [0.25, 0.3) is 0 Å². The fraction of sp³-hybridized carbons (Fsp3) is 0.294. The van der Waals surface area contributed by atoms with Crippen molar-refractivity contribution in [2.75, 3.05) is 17.3 Å². The molecule has 3 rings (SSSR count). The SMILES string of the molecule is CSCCC(C(=O)Nc1ccn(C)n1)N1C(=O)c2ccccc2C1=O. The summed E-state index contributed by atoms with van der Waals surface area (Å²) in [5.74, 6) is -0.237. The second kappa shape index (κ2) is 7.10. The number of carbonyl (C=O) groups excluding carboxylic acids is 3. The summed E-state index contributed by atoms with van der Waals surface area (Å²) in [6.45, 7) is 0. The van der Waals surface area contributed by atoms with Crippen LogP contribution in [0.5, 0.6) is 0 Å². The van der Waals surface area contributed by atoms with Crippen LogP contribution in [0.4, 0.5) is 5.82 Å². The predicted molar refractivity (Wildman–Crippen MR) is 95.6 cm³/mol. The van der Waals surface area contributed by atoms with E-state index in [0.717, 1.165) is 4.90 Å². The number of carbonyl (C=O) groups is 3. The van der Waals surface area contributed by atoms with E-state index in [1.54, 1.807) is 60.0 Å². The first kappa shape index (κ1) is 17.2. The molecule has 0 radical (unpaired) electrons. The minimum atomic E-state index is -0.873. The van der Waals surface area contributed by atoms with Gasteiger partial charge in [-0.1, -0.05) is 12.1 Å². The molecular weight excluding hydrogens is 340 g/mol. The van der Waals surface area contributed by atoms with Crippen LogP contribution in [0.3, 0.4) is 0 Å². The number of benzene rings is 1. The van der Waals surface area contributed by atoms with E-state index in [0.29, 0.717) is 29.1 Å². The molecule has 1 aliphatic rings. The number of hydrogen-bond acceptors (Lipinski definition) is 5. The second-order valence-corrected chi connectivity index (χ2v) is 6.67. The largest absolute Gasteiger partial charge is 0.307 e. The molecule has 1 N–H and O–H groups in total. The molecule has 2 aromatic rings. The van der Waals surface area contributed by atoms with Gasteiger partial charge < -0.3 is 5.32 Å². The number of nitrogens with one attached hydrogen (secondary N) is 1. The number of nitrogens with zero attached hydrogens (tertiary/aromatic N) is 3. The van der Waals surface area contributed by atoms with Gasteiger partial charge in [0.05, 0.1) is 11.1 Å². The van der Waals surface area contributed by atoms with Gasteiger partial charge in [-0.05, 0) is 30.6 Å². The van der Waals surface area contributed by atoms with Crippen LogP contribution < -0.4 is 5.32 Å². The van der Waals surface area contributed by atoms with Crippen molar-refractivity contribution < 1.29 is 14.4 Å². The molecule has 1 atom stereocenters. The first-order valence-corrected chi connectivity index (χ1v) is 9.18. The Morgan fingerprint density at radius 1 is 1.20 bits per heavy atom. The highest BCUT2D eigenvalue weighted by molar-refractivity contribution is 7.98. The summed E-state index contributed by atoms with van der Waals surface area (Å²) in [6.07, 6.45) is 4.00. The van der Waals surface area contributed by atoms with E-state index < -0.39 is 23.8 Å². The van der Waals surface area contributed by atoms with Gasteiger partial charge in [0.25, 0.3) is 11.8 Å². The molecule has 1 aromatic heterocycles. The van der Waals surface area contributed by atoms with Gasteiger partial charge in [0, 0.05) is 19.3 Å². The molecule has 0 bridgehead atoms. The van der Waals surface area contributed by atoms with Gasteiger partial charge in [-0.2, -0.15) is 16.9 Å². The molecule has 0 saturated carbocycles. The van der Waals surface area contributed by atoms with Crippen molar-refractivity contribution in [3.05, 3.63) is 47.7 Å². The lowest BCUT2D eigenvalue weighted by Gasteiger charge is -2.24. The van der Waals surface area contributed by atoms with Gasteiger partial charge in [-0.15, -0.1) is 0 Å². The average Bonchev–Trinajstić information content (AvgIpc) is 3.11. The van der Waals surface area contributed by atoms with E-state index in [-0.39, 0.29) is 0 Å². The van der Waals surface area contributed by atoms with Gasteiger partial charge in [-0.25, -0.2) is 0 Å². The standard InChI is InChI=1S/C17H18N4O3S/c1-20-9-7-14(19-20)18-15(22)13(8-10-25-2)21-16(23)11-5-3-4-6-12(11)17(21)24/h3-7,9,13H,8,10H2,1-2H3,(H,18,19,22). The zero-order valence-electron chi connectivity index (χ0n) is 13.9. The lowest BCUT2D eigenvalue weighted by molar-refractivity contribution is -0.120. The van der Waals surface area contributed by atoms with E-state index in [9.17, 15) is 14.4 Å². The van der Waals surface area contributed by atoms with Crippen LogP contribution >= 0.6 is 11.8 Å². The van der Waals surface area contributed by atoms with Crippen LogP contribution in [0, 0.1) is 0 Å². The van der Waals surface area contributed by atoms with Crippen molar-refractivity contribution in [3.63, 3.8) is 0 Å². The highest BCUT2D eigenvalue weighted by Gasteiger charge is 2.42. The Morgan fingerprint density at radius 2 is 1.84 bits per heavy atom. The quantitative estimate of drug-likeness (QED) is 0.796. The minimum absolute atomic E-state index is 0.340. The average molecular weight is 358 g/mol. The zero-order valence-corrected chi connectivity index (χ0v) is 14.7. The van der Waals surface area contributed by atoms with E-state index >= 15 is 0 Å². The molecule has 7 nitrogen and oxygen atoms in total. The molecule has 1 aromatic carbocycles. The molecular formula is C17H18N4O3S. The fourth-order valence-electron chi connectivity index (χ4n) is 2.79. The maximum absolute atomic E-state index is 12.7. The van der Waals surface area contributed by atoms with E-state index in [4.69, 9.17) is 0 Å². The monoisotopic (exact) mass is 358 g/mol. The van der Waals surface area contributed by atoms with Gasteiger partial charge in [0.2, 0.25) is 5.91 Å². The first-order chi connectivity index (χ1) is 12.0. The number of rotatable bonds is 6. The number of thioether (sulfide) groups is 1. The summed E-state index contributed by atoms with van der Waals surface area (Å²) in [7, 11) is 1.74. The molecule has 1 aliphatic heterocycles. The highest BCUT2D eigenvalue weighted by Crippen LogP contribution is 2.26. The van der Waals surface area contributed by atoms with E-state index in [2.05, 4.69) is 10.4 Å². The summed E-state index contributed by atoms with van der Waals surface area (Å²) in [5.41, 5.74) is 0.680. The number of fused-ring (bicyclic) bond motifs is 1. The summed E-state index contributed by atoms with van der Waals surface area (Å²) in [4.78, 5) is 39.2. The van der Waals surface area contributed by atoms with Crippen LogP contribution in [0.15, 0.2) is 36.5 Å². The Morgan fingerprint density at radius 3 is 2.36 bits per heavy atom. The molecule has 25 heavy (non-hydrogen) atoms. The molecule has 3 amide bonds. The Balaban J connectivity index is 1.87. The fourth-order valence-corrected chi connectivity index (χ4v) is 3.25. The minimum Gasteiger partial charge on any atom is -0.307 e. The maximum Gasteiger partial charge on any atom is 0.262 e. The first-order valence-electron chi connectivity index (χ1n) is 7.79. The smallest absolute Gasteiger partial charge is 0.262 e. The molecule has 1 unspecified atom stereocenters. The third kappa shape index (κ3) is 3.30. The number of amides is 3. The zero-order chi connectivity index (χ0) is 18.0. The molecule has 0 fully saturated rings. The third-order valence-electron chi connectivity index (χ3n) is 4.00. The topological polar surface area (TPSA) is 84.3 Å². The molecule has 130 valence electrons. The van der Waals surface area contributed by atoms with E-state index in [1.807, 2.05) is 6.26 Å². The Bertz CT molecular complexity index is 798. The Kier molecular flexibility index (Phi) is 4.89. The van der Waals surface area contributed by atoms with Crippen LogP contribution in [0.1, 0.15) is 27.1 Å². The maximum atomic E-state index is 12.7. The van der Waals surface area contributed by atoms with Crippen molar-refractivity contribution in [1.82, 2.24) is 14.7 Å². The summed E-state index contributed by atoms with van der Waals surface area (Å²) < 4.78 is 1.56. The van der Waals surface area contributed by atoms with Crippen molar-refractivity contribution in [2.24, 2.45) is 7.05 Å². The number of aryl methyl sites for hydroxylation is 1. The normalized spacial score (nSPS) is 14.6. The van der Waals surface area contributed by atoms with Crippen LogP contribution in [-0.2, 0) is 11.8 Å². The van der Waals surface area contributed by atoms with Crippen molar-refractivity contribution in [3.8, 4) is 0 Å². The second-order valence-electron chi connectivity index (χ2n) is 5.69. The number of hydrogen-bond donors (Lipinski definition) is 1. The number of imide groups is 1. The Labute approximate surface area is 149 Å². The Hall–Kier alpha value is -2.61. The molecule has 8 heteroatoms. The van der Waals surface area contributed by atoms with Crippen LogP contribution in [-0.4, -0.2) is 50.5 Å².